The Morgan fingerprint density at radius 2 is 1.83 bits per heavy atom. The third kappa shape index (κ3) is 4.11. The van der Waals surface area contributed by atoms with Crippen LogP contribution < -0.4 is 5.56 Å². The van der Waals surface area contributed by atoms with Gasteiger partial charge in [-0.3, -0.25) is 9.59 Å². The molecule has 7 heteroatoms. The average molecular weight is 423 g/mol. The number of aromatic amines is 1. The van der Waals surface area contributed by atoms with Crippen LogP contribution in [0.3, 0.4) is 0 Å². The first kappa shape index (κ1) is 19.4. The lowest BCUT2D eigenvalue weighted by Crippen LogP contribution is -2.15. The van der Waals surface area contributed by atoms with Crippen LogP contribution in [0, 0.1) is 0 Å². The normalized spacial score (nSPS) is 12.0. The first-order valence-corrected chi connectivity index (χ1v) is 10.9. The molecule has 4 rings (SSSR count). The van der Waals surface area contributed by atoms with E-state index in [0.29, 0.717) is 15.4 Å². The molecule has 0 radical (unpaired) electrons. The molecule has 1 atom stereocenters. The van der Waals surface area contributed by atoms with Crippen molar-refractivity contribution in [1.82, 2.24) is 9.97 Å². The molecule has 0 aliphatic heterocycles. The lowest BCUT2D eigenvalue weighted by Gasteiger charge is -2.15. The van der Waals surface area contributed by atoms with Crippen molar-refractivity contribution in [2.75, 3.05) is 6.61 Å². The van der Waals surface area contributed by atoms with Crippen LogP contribution in [0.2, 0.25) is 0 Å². The molecule has 0 amide bonds. The summed E-state index contributed by atoms with van der Waals surface area (Å²) in [5.74, 6) is -0.359. The zero-order valence-electron chi connectivity index (χ0n) is 15.6. The molecular weight excluding hydrogens is 404 g/mol. The Labute approximate surface area is 175 Å². The van der Waals surface area contributed by atoms with Gasteiger partial charge in [0.1, 0.15) is 10.1 Å². The fraction of sp³-hybridized carbons (Fsp3) is 0.136. The van der Waals surface area contributed by atoms with Crippen LogP contribution >= 0.6 is 23.1 Å². The maximum Gasteiger partial charge on any atom is 0.324 e. The summed E-state index contributed by atoms with van der Waals surface area (Å²) in [5, 5.41) is 2.30. The van der Waals surface area contributed by atoms with Gasteiger partial charge >= 0.3 is 5.97 Å². The van der Waals surface area contributed by atoms with Gasteiger partial charge in [-0.2, -0.15) is 0 Å². The van der Waals surface area contributed by atoms with Gasteiger partial charge in [0.2, 0.25) is 0 Å². The summed E-state index contributed by atoms with van der Waals surface area (Å²) in [6.45, 7) is 2.06. The van der Waals surface area contributed by atoms with Gasteiger partial charge < -0.3 is 9.72 Å². The first-order valence-electron chi connectivity index (χ1n) is 9.12. The highest BCUT2D eigenvalue weighted by atomic mass is 32.2. The van der Waals surface area contributed by atoms with Crippen LogP contribution in [0.5, 0.6) is 0 Å². The van der Waals surface area contributed by atoms with Gasteiger partial charge in [-0.05, 0) is 18.1 Å². The van der Waals surface area contributed by atoms with Gasteiger partial charge in [-0.1, -0.05) is 72.4 Å². The highest BCUT2D eigenvalue weighted by Gasteiger charge is 2.25. The molecule has 0 aliphatic carbocycles. The number of hydrogen-bond acceptors (Lipinski definition) is 6. The lowest BCUT2D eigenvalue weighted by molar-refractivity contribution is -0.142. The van der Waals surface area contributed by atoms with Gasteiger partial charge in [-0.15, -0.1) is 11.3 Å². The molecule has 0 bridgehead atoms. The van der Waals surface area contributed by atoms with Gasteiger partial charge in [0.05, 0.1) is 12.0 Å². The van der Waals surface area contributed by atoms with Crippen molar-refractivity contribution in [3.05, 3.63) is 82.0 Å². The molecule has 0 spiro atoms. The second kappa shape index (κ2) is 8.63. The van der Waals surface area contributed by atoms with Crippen molar-refractivity contribution in [3.8, 4) is 11.1 Å². The Kier molecular flexibility index (Phi) is 5.78. The van der Waals surface area contributed by atoms with Crippen LogP contribution in [-0.2, 0) is 9.53 Å². The Hall–Kier alpha value is -2.90. The number of ether oxygens (including phenoxy) is 1. The number of carbonyl (C=O) groups excluding carboxylic acids is 1. The Bertz CT molecular complexity index is 1190. The van der Waals surface area contributed by atoms with Gasteiger partial charge in [-0.25, -0.2) is 4.98 Å². The lowest BCUT2D eigenvalue weighted by atomic mass is 10.1. The van der Waals surface area contributed by atoms with Crippen molar-refractivity contribution < 1.29 is 9.53 Å². The number of rotatable bonds is 6. The highest BCUT2D eigenvalue weighted by Crippen LogP contribution is 2.36. The summed E-state index contributed by atoms with van der Waals surface area (Å²) in [6.07, 6.45) is 0. The minimum absolute atomic E-state index is 0.215. The second-order valence-corrected chi connectivity index (χ2v) is 8.18. The summed E-state index contributed by atoms with van der Waals surface area (Å²) in [6, 6.07) is 19.1. The maximum absolute atomic E-state index is 12.8. The molecule has 0 unspecified atom stereocenters. The minimum atomic E-state index is -0.606. The van der Waals surface area contributed by atoms with Crippen molar-refractivity contribution in [3.63, 3.8) is 0 Å². The predicted molar refractivity (Wildman–Crippen MR) is 117 cm³/mol. The number of esters is 1. The Balaban J connectivity index is 1.72. The van der Waals surface area contributed by atoms with Gasteiger partial charge in [0, 0.05) is 10.9 Å². The van der Waals surface area contributed by atoms with E-state index >= 15 is 0 Å². The molecular formula is C22H18N2O3S2. The third-order valence-corrected chi connectivity index (χ3v) is 6.33. The van der Waals surface area contributed by atoms with Crippen LogP contribution in [0.4, 0.5) is 0 Å². The largest absolute Gasteiger partial charge is 0.465 e. The number of hydrogen-bond donors (Lipinski definition) is 1. The van der Waals surface area contributed by atoms with Crippen molar-refractivity contribution in [2.24, 2.45) is 0 Å². The van der Waals surface area contributed by atoms with Gasteiger partial charge in [0.25, 0.3) is 5.56 Å². The van der Waals surface area contributed by atoms with E-state index < -0.39 is 5.25 Å². The summed E-state index contributed by atoms with van der Waals surface area (Å²) >= 11 is 2.61. The molecule has 2 heterocycles. The van der Waals surface area contributed by atoms with E-state index in [9.17, 15) is 9.59 Å². The second-order valence-electron chi connectivity index (χ2n) is 6.23. The van der Waals surface area contributed by atoms with Crippen molar-refractivity contribution in [1.29, 1.82) is 0 Å². The van der Waals surface area contributed by atoms with Crippen molar-refractivity contribution in [2.45, 2.75) is 17.3 Å². The maximum atomic E-state index is 12.8. The molecule has 0 saturated heterocycles. The Morgan fingerprint density at radius 1 is 1.14 bits per heavy atom. The average Bonchev–Trinajstić information content (AvgIpc) is 3.18. The number of thiophene rings is 1. The fourth-order valence-corrected chi connectivity index (χ4v) is 5.01. The summed E-state index contributed by atoms with van der Waals surface area (Å²) < 4.78 is 5.23. The van der Waals surface area contributed by atoms with Crippen LogP contribution in [0.15, 0.2) is 76.0 Å². The van der Waals surface area contributed by atoms with E-state index in [1.165, 1.54) is 23.1 Å². The summed E-state index contributed by atoms with van der Waals surface area (Å²) in [4.78, 5) is 33.5. The standard InChI is InChI=1S/C22H18N2O3S2/c1-2-27-21(26)18(15-11-7-4-8-12-15)29-22-23-19(25)17-16(13-28-20(17)24-22)14-9-5-3-6-10-14/h3-13,18H,2H2,1H3,(H,23,24,25)/t18-/m1/s1. The number of thioether (sulfide) groups is 1. The molecule has 146 valence electrons. The van der Waals surface area contributed by atoms with Crippen LogP contribution in [0.1, 0.15) is 17.7 Å². The monoisotopic (exact) mass is 422 g/mol. The number of fused-ring (bicyclic) bond motifs is 1. The molecule has 1 N–H and O–H groups in total. The van der Waals surface area contributed by atoms with E-state index in [4.69, 9.17) is 4.74 Å². The van der Waals surface area contributed by atoms with E-state index in [-0.39, 0.29) is 18.1 Å². The van der Waals surface area contributed by atoms with Crippen LogP contribution in [-0.4, -0.2) is 22.5 Å². The van der Waals surface area contributed by atoms with E-state index in [2.05, 4.69) is 9.97 Å². The topological polar surface area (TPSA) is 72.0 Å². The Morgan fingerprint density at radius 3 is 2.52 bits per heavy atom. The van der Waals surface area contributed by atoms with Gasteiger partial charge in [0.15, 0.2) is 5.16 Å². The number of benzene rings is 2. The quantitative estimate of drug-likeness (QED) is 0.267. The molecule has 0 aliphatic rings. The highest BCUT2D eigenvalue weighted by molar-refractivity contribution is 8.00. The van der Waals surface area contributed by atoms with E-state index in [1.54, 1.807) is 6.92 Å². The SMILES string of the molecule is CCOC(=O)[C@H](Sc1nc2scc(-c3ccccc3)c2c(=O)[nH]1)c1ccccc1. The third-order valence-electron chi connectivity index (χ3n) is 4.34. The number of aromatic nitrogens is 2. The minimum Gasteiger partial charge on any atom is -0.465 e. The van der Waals surface area contributed by atoms with E-state index in [1.807, 2.05) is 66.0 Å². The predicted octanol–water partition coefficient (Wildman–Crippen LogP) is 5.05. The number of nitrogens with one attached hydrogen (secondary N) is 1. The van der Waals surface area contributed by atoms with Crippen molar-refractivity contribution >= 4 is 39.3 Å². The molecule has 0 saturated carbocycles. The number of nitrogens with zero attached hydrogens (tertiary/aromatic N) is 1. The van der Waals surface area contributed by atoms with Crippen LogP contribution in [0.25, 0.3) is 21.3 Å². The zero-order valence-corrected chi connectivity index (χ0v) is 17.3. The molecule has 5 nitrogen and oxygen atoms in total. The molecule has 29 heavy (non-hydrogen) atoms. The first-order chi connectivity index (χ1) is 14.2. The fourth-order valence-electron chi connectivity index (χ4n) is 3.02. The number of H-pyrrole nitrogens is 1. The zero-order chi connectivity index (χ0) is 20.2. The summed E-state index contributed by atoms with van der Waals surface area (Å²) in [7, 11) is 0. The molecule has 4 aromatic rings. The smallest absolute Gasteiger partial charge is 0.324 e. The van der Waals surface area contributed by atoms with E-state index in [0.717, 1.165) is 16.7 Å². The molecule has 2 aromatic carbocycles. The molecule has 2 aromatic heterocycles. The summed E-state index contributed by atoms with van der Waals surface area (Å²) in [5.41, 5.74) is 2.42. The number of carbonyl (C=O) groups is 1. The molecule has 0 fully saturated rings.